The van der Waals surface area contributed by atoms with Crippen LogP contribution in [-0.4, -0.2) is 74.7 Å². The summed E-state index contributed by atoms with van der Waals surface area (Å²) in [4.78, 5) is 32.1. The number of aromatic nitrogens is 2. The van der Waals surface area contributed by atoms with Crippen LogP contribution in [0, 0.1) is 5.41 Å². The third-order valence-corrected chi connectivity index (χ3v) is 7.12. The van der Waals surface area contributed by atoms with E-state index in [1.165, 1.54) is 17.9 Å². The number of likely N-dealkylation sites (tertiary alicyclic amines) is 1. The predicted octanol–water partition coefficient (Wildman–Crippen LogP) is 2.18. The van der Waals surface area contributed by atoms with Gasteiger partial charge in [-0.3, -0.25) is 9.59 Å². The molecule has 0 aliphatic carbocycles. The number of carbonyl (C=O) groups excluding carboxylic acids is 1. The highest BCUT2D eigenvalue weighted by Crippen LogP contribution is 2.36. The molecule has 0 radical (unpaired) electrons. The summed E-state index contributed by atoms with van der Waals surface area (Å²) in [5.74, 6) is 0.487. The van der Waals surface area contributed by atoms with Gasteiger partial charge in [0.15, 0.2) is 6.73 Å². The SMILES string of the molecule is COc1cc2c(=O)n(COC(=O)C(C)(C)C)c(OC)nc2cc1C1CCN(CCS(C)(=O)=O)CC1. The summed E-state index contributed by atoms with van der Waals surface area (Å²) < 4.78 is 40.4. The normalized spacial score (nSPS) is 15.8. The summed E-state index contributed by atoms with van der Waals surface area (Å²) in [7, 11) is -0.0248. The highest BCUT2D eigenvalue weighted by atomic mass is 32.2. The molecule has 0 atom stereocenters. The molecule has 35 heavy (non-hydrogen) atoms. The predicted molar refractivity (Wildman–Crippen MR) is 133 cm³/mol. The number of sulfone groups is 1. The molecule has 1 saturated heterocycles. The van der Waals surface area contributed by atoms with Crippen molar-refractivity contribution in [3.63, 3.8) is 0 Å². The fraction of sp³-hybridized carbons (Fsp3) is 0.625. The van der Waals surface area contributed by atoms with Crippen LogP contribution in [0.15, 0.2) is 16.9 Å². The number of fused-ring (bicyclic) bond motifs is 1. The minimum atomic E-state index is -3.00. The Morgan fingerprint density at radius 1 is 1.14 bits per heavy atom. The van der Waals surface area contributed by atoms with E-state index in [2.05, 4.69) is 9.88 Å². The first kappa shape index (κ1) is 26.9. The van der Waals surface area contributed by atoms with Crippen molar-refractivity contribution in [3.8, 4) is 11.8 Å². The first-order chi connectivity index (χ1) is 16.3. The van der Waals surface area contributed by atoms with Gasteiger partial charge in [0.2, 0.25) is 0 Å². The molecule has 0 spiro atoms. The smallest absolute Gasteiger partial charge is 0.312 e. The van der Waals surface area contributed by atoms with Gasteiger partial charge >= 0.3 is 12.0 Å². The molecule has 0 amide bonds. The van der Waals surface area contributed by atoms with E-state index in [0.29, 0.717) is 23.2 Å². The van der Waals surface area contributed by atoms with E-state index in [4.69, 9.17) is 14.2 Å². The van der Waals surface area contributed by atoms with E-state index in [1.54, 1.807) is 33.9 Å². The van der Waals surface area contributed by atoms with Gasteiger partial charge in [-0.05, 0) is 70.3 Å². The molecule has 1 aliphatic rings. The van der Waals surface area contributed by atoms with E-state index < -0.39 is 26.8 Å². The Hall–Kier alpha value is -2.66. The van der Waals surface area contributed by atoms with Gasteiger partial charge in [-0.25, -0.2) is 13.0 Å². The highest BCUT2D eigenvalue weighted by molar-refractivity contribution is 7.90. The number of esters is 1. The molecule has 2 aromatic rings. The second kappa shape index (κ2) is 10.5. The van der Waals surface area contributed by atoms with E-state index in [9.17, 15) is 18.0 Å². The number of carbonyl (C=O) groups is 1. The average Bonchev–Trinajstić information content (AvgIpc) is 2.80. The van der Waals surface area contributed by atoms with Gasteiger partial charge in [0.1, 0.15) is 15.6 Å². The van der Waals surface area contributed by atoms with Gasteiger partial charge in [-0.15, -0.1) is 0 Å². The molecule has 1 aromatic heterocycles. The number of benzene rings is 1. The van der Waals surface area contributed by atoms with Crippen molar-refractivity contribution < 1.29 is 27.4 Å². The fourth-order valence-electron chi connectivity index (χ4n) is 4.11. The molecule has 0 saturated carbocycles. The van der Waals surface area contributed by atoms with E-state index in [-0.39, 0.29) is 24.4 Å². The quantitative estimate of drug-likeness (QED) is 0.494. The summed E-state index contributed by atoms with van der Waals surface area (Å²) in [5.41, 5.74) is 0.322. The molecule has 194 valence electrons. The van der Waals surface area contributed by atoms with E-state index in [1.807, 2.05) is 6.07 Å². The van der Waals surface area contributed by atoms with Crippen molar-refractivity contribution in [2.24, 2.45) is 5.41 Å². The minimum Gasteiger partial charge on any atom is -0.496 e. The lowest BCUT2D eigenvalue weighted by Crippen LogP contribution is -2.36. The molecule has 11 heteroatoms. The third-order valence-electron chi connectivity index (χ3n) is 6.20. The lowest BCUT2D eigenvalue weighted by molar-refractivity contribution is -0.157. The molecule has 1 fully saturated rings. The van der Waals surface area contributed by atoms with E-state index >= 15 is 0 Å². The molecule has 0 bridgehead atoms. The van der Waals surface area contributed by atoms with E-state index in [0.717, 1.165) is 31.5 Å². The number of ether oxygens (including phenoxy) is 3. The van der Waals surface area contributed by atoms with Crippen molar-refractivity contribution in [1.82, 2.24) is 14.5 Å². The van der Waals surface area contributed by atoms with Crippen LogP contribution < -0.4 is 15.0 Å². The number of hydrogen-bond donors (Lipinski definition) is 0. The van der Waals surface area contributed by atoms with Crippen LogP contribution in [0.4, 0.5) is 0 Å². The van der Waals surface area contributed by atoms with Gasteiger partial charge in [0, 0.05) is 12.8 Å². The maximum atomic E-state index is 13.3. The van der Waals surface area contributed by atoms with Crippen LogP contribution >= 0.6 is 0 Å². The summed E-state index contributed by atoms with van der Waals surface area (Å²) in [5, 5.41) is 0.337. The van der Waals surface area contributed by atoms with Crippen molar-refractivity contribution in [2.45, 2.75) is 46.3 Å². The molecule has 10 nitrogen and oxygen atoms in total. The summed E-state index contributed by atoms with van der Waals surface area (Å²) in [6.07, 6.45) is 2.93. The largest absolute Gasteiger partial charge is 0.496 e. The van der Waals surface area contributed by atoms with Gasteiger partial charge in [-0.1, -0.05) is 0 Å². The standard InChI is InChI=1S/C24H35N3O7S/c1-24(2,3)22(29)34-15-27-21(28)18-14-20(32-4)17(13-19(18)25-23(27)33-5)16-7-9-26(10-8-16)11-12-35(6,30)31/h13-14,16H,7-12,15H2,1-6H3. The van der Waals surface area contributed by atoms with Gasteiger partial charge in [0.05, 0.1) is 36.3 Å². The molecule has 1 aliphatic heterocycles. The Morgan fingerprint density at radius 2 is 1.80 bits per heavy atom. The van der Waals surface area contributed by atoms with Crippen molar-refractivity contribution in [3.05, 3.63) is 28.0 Å². The first-order valence-electron chi connectivity index (χ1n) is 11.6. The number of methoxy groups -OCH3 is 2. The van der Waals surface area contributed by atoms with Crippen LogP contribution in [-0.2, 0) is 26.1 Å². The molecular weight excluding hydrogens is 474 g/mol. The number of rotatable bonds is 8. The fourth-order valence-corrected chi connectivity index (χ4v) is 4.70. The van der Waals surface area contributed by atoms with Gasteiger partial charge < -0.3 is 19.1 Å². The van der Waals surface area contributed by atoms with Gasteiger partial charge in [0.25, 0.3) is 5.56 Å². The van der Waals surface area contributed by atoms with Crippen molar-refractivity contribution in [1.29, 1.82) is 0 Å². The lowest BCUT2D eigenvalue weighted by Gasteiger charge is -2.32. The Kier molecular flexibility index (Phi) is 8.10. The molecule has 0 N–H and O–H groups in total. The van der Waals surface area contributed by atoms with Crippen molar-refractivity contribution >= 4 is 26.7 Å². The third kappa shape index (κ3) is 6.52. The Morgan fingerprint density at radius 3 is 2.34 bits per heavy atom. The monoisotopic (exact) mass is 509 g/mol. The van der Waals surface area contributed by atoms with Crippen LogP contribution in [0.2, 0.25) is 0 Å². The molecule has 2 heterocycles. The molecule has 3 rings (SSSR count). The molecular formula is C24H35N3O7S. The number of hydrogen-bond acceptors (Lipinski definition) is 9. The maximum absolute atomic E-state index is 13.3. The van der Waals surface area contributed by atoms with Crippen LogP contribution in [0.1, 0.15) is 45.1 Å². The topological polar surface area (TPSA) is 117 Å². The maximum Gasteiger partial charge on any atom is 0.312 e. The minimum absolute atomic E-state index is 0.0518. The molecule has 0 unspecified atom stereocenters. The van der Waals surface area contributed by atoms with Crippen LogP contribution in [0.25, 0.3) is 10.9 Å². The molecule has 1 aromatic carbocycles. The zero-order chi connectivity index (χ0) is 26.0. The van der Waals surface area contributed by atoms with Crippen LogP contribution in [0.5, 0.6) is 11.8 Å². The highest BCUT2D eigenvalue weighted by Gasteiger charge is 2.26. The van der Waals surface area contributed by atoms with Crippen molar-refractivity contribution in [2.75, 3.05) is 45.9 Å². The number of nitrogens with zero attached hydrogens (tertiary/aromatic N) is 3. The zero-order valence-corrected chi connectivity index (χ0v) is 22.1. The summed E-state index contributed by atoms with van der Waals surface area (Å²) >= 11 is 0. The summed E-state index contributed by atoms with van der Waals surface area (Å²) in [6.45, 7) is 6.97. The second-order valence-electron chi connectivity index (χ2n) is 10.00. The zero-order valence-electron chi connectivity index (χ0n) is 21.3. The average molecular weight is 510 g/mol. The Balaban J connectivity index is 1.88. The Labute approximate surface area is 206 Å². The van der Waals surface area contributed by atoms with Gasteiger partial charge in [-0.2, -0.15) is 4.98 Å². The summed E-state index contributed by atoms with van der Waals surface area (Å²) in [6, 6.07) is 3.59. The Bertz CT molecular complexity index is 1240. The second-order valence-corrected chi connectivity index (χ2v) is 12.3. The van der Waals surface area contributed by atoms with Crippen LogP contribution in [0.3, 0.4) is 0 Å². The number of piperidine rings is 1. The first-order valence-corrected chi connectivity index (χ1v) is 13.6. The lowest BCUT2D eigenvalue weighted by atomic mass is 9.88.